The molecule has 0 saturated carbocycles. The number of aliphatic hydroxyl groups excluding tert-OH is 2. The Morgan fingerprint density at radius 2 is 1.91 bits per heavy atom. The van der Waals surface area contributed by atoms with Gasteiger partial charge in [0.25, 0.3) is 0 Å². The number of phosphoric ester groups is 1. The Balaban J connectivity index is 0. The first-order chi connectivity index (χ1) is 4.45. The van der Waals surface area contributed by atoms with E-state index in [0.29, 0.717) is 0 Å². The van der Waals surface area contributed by atoms with Crippen LogP contribution in [0.3, 0.4) is 0 Å². The molecular formula is C3H9CaO6P. The summed E-state index contributed by atoms with van der Waals surface area (Å²) in [7, 11) is -4.50. The van der Waals surface area contributed by atoms with Gasteiger partial charge in [-0.15, -0.1) is 0 Å². The van der Waals surface area contributed by atoms with Gasteiger partial charge in [0.05, 0.1) is 13.2 Å². The summed E-state index contributed by atoms with van der Waals surface area (Å²) in [5.41, 5.74) is 0. The molecule has 0 saturated heterocycles. The third kappa shape index (κ3) is 11.3. The molecule has 2 radical (unpaired) electrons. The summed E-state index contributed by atoms with van der Waals surface area (Å²) in [5.74, 6) is 0. The van der Waals surface area contributed by atoms with Gasteiger partial charge < -0.3 is 20.0 Å². The Bertz CT molecular complexity index is 134. The molecule has 0 aliphatic rings. The molecule has 0 spiro atoms. The predicted octanol–water partition coefficient (Wildman–Crippen LogP) is -1.93. The van der Waals surface area contributed by atoms with E-state index >= 15 is 0 Å². The molecule has 11 heavy (non-hydrogen) atoms. The molecule has 8 heteroatoms. The Labute approximate surface area is 93.4 Å². The van der Waals surface area contributed by atoms with Crippen molar-refractivity contribution >= 4 is 45.6 Å². The van der Waals surface area contributed by atoms with E-state index in [1.807, 2.05) is 0 Å². The maximum absolute atomic E-state index is 9.93. The van der Waals surface area contributed by atoms with Crippen LogP contribution >= 0.6 is 7.82 Å². The third-order valence-electron chi connectivity index (χ3n) is 0.646. The molecule has 0 rings (SSSR count). The molecule has 0 amide bonds. The molecule has 1 atom stereocenters. The zero-order valence-corrected chi connectivity index (χ0v) is 8.85. The monoisotopic (exact) mass is 212 g/mol. The molecule has 4 N–H and O–H groups in total. The number of hydrogen-bond donors (Lipinski definition) is 4. The maximum atomic E-state index is 9.93. The van der Waals surface area contributed by atoms with E-state index in [2.05, 4.69) is 4.52 Å². The van der Waals surface area contributed by atoms with E-state index in [1.165, 1.54) is 0 Å². The average Bonchev–Trinajstić information content (AvgIpc) is 1.81. The van der Waals surface area contributed by atoms with Crippen LogP contribution in [0.25, 0.3) is 0 Å². The van der Waals surface area contributed by atoms with Crippen LogP contribution < -0.4 is 0 Å². The van der Waals surface area contributed by atoms with Crippen LogP contribution in [-0.2, 0) is 9.09 Å². The standard InChI is InChI=1S/C3H9O6P.Ca/c4-1-3(5)2-9-10(6,7)8;/h3-5H,1-2H2,(H2,6,7,8);. The van der Waals surface area contributed by atoms with Gasteiger partial charge >= 0.3 is 7.82 Å². The van der Waals surface area contributed by atoms with E-state index in [1.54, 1.807) is 0 Å². The topological polar surface area (TPSA) is 107 Å². The van der Waals surface area contributed by atoms with Crippen molar-refractivity contribution in [2.24, 2.45) is 0 Å². The average molecular weight is 212 g/mol. The first kappa shape index (κ1) is 14.8. The fraction of sp³-hybridized carbons (Fsp3) is 1.00. The summed E-state index contributed by atoms with van der Waals surface area (Å²) < 4.78 is 13.8. The minimum atomic E-state index is -4.50. The van der Waals surface area contributed by atoms with Crippen molar-refractivity contribution in [2.75, 3.05) is 13.2 Å². The minimum absolute atomic E-state index is 0. The predicted molar refractivity (Wildman–Crippen MR) is 36.8 cm³/mol. The van der Waals surface area contributed by atoms with E-state index in [9.17, 15) is 4.57 Å². The SMILES string of the molecule is O=P(O)(O)OCC(O)CO.[Ca]. The Kier molecular flexibility index (Phi) is 9.10. The maximum Gasteiger partial charge on any atom is 0.469 e. The molecule has 0 aromatic rings. The van der Waals surface area contributed by atoms with E-state index < -0.39 is 27.1 Å². The zero-order chi connectivity index (χ0) is 8.20. The van der Waals surface area contributed by atoms with Gasteiger partial charge in [0.15, 0.2) is 0 Å². The summed E-state index contributed by atoms with van der Waals surface area (Å²) in [6, 6.07) is 0. The molecule has 0 fully saturated rings. The van der Waals surface area contributed by atoms with Crippen molar-refractivity contribution in [3.8, 4) is 0 Å². The van der Waals surface area contributed by atoms with Gasteiger partial charge in [-0.3, -0.25) is 4.52 Å². The normalized spacial score (nSPS) is 13.8. The molecule has 0 aliphatic carbocycles. The van der Waals surface area contributed by atoms with Crippen molar-refractivity contribution in [2.45, 2.75) is 6.10 Å². The summed E-state index contributed by atoms with van der Waals surface area (Å²) in [6.07, 6.45) is -1.24. The molecule has 64 valence electrons. The van der Waals surface area contributed by atoms with E-state index in [0.717, 1.165) is 0 Å². The molecule has 0 aromatic carbocycles. The molecule has 1 unspecified atom stereocenters. The second-order valence-corrected chi connectivity index (χ2v) is 2.86. The van der Waals surface area contributed by atoms with Crippen LogP contribution in [-0.4, -0.2) is 77.1 Å². The quantitative estimate of drug-likeness (QED) is 0.319. The van der Waals surface area contributed by atoms with Gasteiger partial charge in [-0.1, -0.05) is 0 Å². The largest absolute Gasteiger partial charge is 0.469 e. The number of aliphatic hydroxyl groups is 2. The van der Waals surface area contributed by atoms with Crippen molar-refractivity contribution < 1.29 is 29.1 Å². The van der Waals surface area contributed by atoms with Gasteiger partial charge in [0.1, 0.15) is 6.10 Å². The van der Waals surface area contributed by atoms with Gasteiger partial charge in [0, 0.05) is 37.7 Å². The van der Waals surface area contributed by atoms with Gasteiger partial charge in [-0.25, -0.2) is 4.57 Å². The number of rotatable bonds is 4. The van der Waals surface area contributed by atoms with Gasteiger partial charge in [-0.05, 0) is 0 Å². The first-order valence-corrected chi connectivity index (χ1v) is 3.98. The fourth-order valence-electron chi connectivity index (χ4n) is 0.236. The van der Waals surface area contributed by atoms with Crippen molar-refractivity contribution in [3.63, 3.8) is 0 Å². The Morgan fingerprint density at radius 1 is 1.45 bits per heavy atom. The Hall–Kier alpha value is 1.29. The van der Waals surface area contributed by atoms with Crippen LogP contribution in [0.1, 0.15) is 0 Å². The molecule has 6 nitrogen and oxygen atoms in total. The molecular weight excluding hydrogens is 203 g/mol. The van der Waals surface area contributed by atoms with Crippen molar-refractivity contribution in [3.05, 3.63) is 0 Å². The van der Waals surface area contributed by atoms with E-state index in [-0.39, 0.29) is 37.7 Å². The summed E-state index contributed by atoms with van der Waals surface area (Å²) in [5, 5.41) is 16.7. The van der Waals surface area contributed by atoms with Crippen LogP contribution in [0.4, 0.5) is 0 Å². The number of hydrogen-bond acceptors (Lipinski definition) is 4. The number of phosphoric acid groups is 1. The van der Waals surface area contributed by atoms with E-state index in [4.69, 9.17) is 20.0 Å². The van der Waals surface area contributed by atoms with Crippen LogP contribution in [0.2, 0.25) is 0 Å². The molecule has 0 bridgehead atoms. The van der Waals surface area contributed by atoms with Crippen LogP contribution in [0.15, 0.2) is 0 Å². The second-order valence-electron chi connectivity index (χ2n) is 1.62. The minimum Gasteiger partial charge on any atom is -0.394 e. The van der Waals surface area contributed by atoms with Crippen LogP contribution in [0, 0.1) is 0 Å². The molecule has 0 aliphatic heterocycles. The summed E-state index contributed by atoms with van der Waals surface area (Å²) >= 11 is 0. The van der Waals surface area contributed by atoms with Crippen LogP contribution in [0.5, 0.6) is 0 Å². The zero-order valence-electron chi connectivity index (χ0n) is 5.75. The van der Waals surface area contributed by atoms with Gasteiger partial charge in [-0.2, -0.15) is 0 Å². The Morgan fingerprint density at radius 3 is 2.18 bits per heavy atom. The molecule has 0 aromatic heterocycles. The second kappa shape index (κ2) is 6.77. The summed E-state index contributed by atoms with van der Waals surface area (Å²) in [6.45, 7) is -1.15. The van der Waals surface area contributed by atoms with Crippen molar-refractivity contribution in [1.82, 2.24) is 0 Å². The fourth-order valence-corrected chi connectivity index (χ4v) is 0.602. The molecule has 0 heterocycles. The van der Waals surface area contributed by atoms with Gasteiger partial charge in [0.2, 0.25) is 0 Å². The van der Waals surface area contributed by atoms with Crippen molar-refractivity contribution in [1.29, 1.82) is 0 Å². The summed E-state index contributed by atoms with van der Waals surface area (Å²) in [4.78, 5) is 16.1. The smallest absolute Gasteiger partial charge is 0.394 e. The third-order valence-corrected chi connectivity index (χ3v) is 1.13. The first-order valence-electron chi connectivity index (χ1n) is 2.44.